The standard InChI is InChI=1S/C14H15N3OS/c18-13(14-15-7-10-19-14)16-11-3-5-12(6-4-11)17-8-1-2-9-17/h3-7,10H,1-2,8-9H2,(H,16,18). The van der Waals surface area contributed by atoms with E-state index in [9.17, 15) is 4.79 Å². The SMILES string of the molecule is O=C(Nc1ccc(N2CCCC2)cc1)c1nccs1. The topological polar surface area (TPSA) is 45.2 Å². The molecule has 98 valence electrons. The predicted octanol–water partition coefficient (Wildman–Crippen LogP) is 3.00. The Kier molecular flexibility index (Phi) is 3.46. The van der Waals surface area contributed by atoms with Gasteiger partial charge >= 0.3 is 0 Å². The van der Waals surface area contributed by atoms with Crippen LogP contribution in [0.25, 0.3) is 0 Å². The van der Waals surface area contributed by atoms with Crippen LogP contribution in [0.3, 0.4) is 0 Å². The zero-order valence-electron chi connectivity index (χ0n) is 10.5. The molecule has 0 aliphatic carbocycles. The van der Waals surface area contributed by atoms with Crippen molar-refractivity contribution in [2.24, 2.45) is 0 Å². The molecule has 4 nitrogen and oxygen atoms in total. The van der Waals surface area contributed by atoms with E-state index in [1.165, 1.54) is 29.9 Å². The molecule has 2 heterocycles. The molecular formula is C14H15N3OS. The van der Waals surface area contributed by atoms with Crippen molar-refractivity contribution in [1.82, 2.24) is 4.98 Å². The molecule has 3 rings (SSSR count). The summed E-state index contributed by atoms with van der Waals surface area (Å²) in [6.45, 7) is 2.26. The number of aromatic nitrogens is 1. The number of anilines is 2. The molecule has 0 atom stereocenters. The van der Waals surface area contributed by atoms with Gasteiger partial charge in [-0.2, -0.15) is 0 Å². The zero-order valence-corrected chi connectivity index (χ0v) is 11.3. The molecule has 1 saturated heterocycles. The molecule has 0 saturated carbocycles. The van der Waals surface area contributed by atoms with Crippen LogP contribution < -0.4 is 10.2 Å². The molecule has 0 radical (unpaired) electrons. The van der Waals surface area contributed by atoms with Crippen molar-refractivity contribution in [1.29, 1.82) is 0 Å². The maximum absolute atomic E-state index is 11.8. The molecule has 19 heavy (non-hydrogen) atoms. The summed E-state index contributed by atoms with van der Waals surface area (Å²) in [4.78, 5) is 18.2. The van der Waals surface area contributed by atoms with Crippen molar-refractivity contribution in [2.45, 2.75) is 12.8 Å². The molecule has 1 amide bonds. The second-order valence-electron chi connectivity index (χ2n) is 4.53. The second kappa shape index (κ2) is 5.40. The Labute approximate surface area is 116 Å². The lowest BCUT2D eigenvalue weighted by Gasteiger charge is -2.17. The number of rotatable bonds is 3. The molecule has 1 aliphatic rings. The number of hydrogen-bond donors (Lipinski definition) is 1. The number of carbonyl (C=O) groups is 1. The largest absolute Gasteiger partial charge is 0.372 e. The summed E-state index contributed by atoms with van der Waals surface area (Å²) >= 11 is 1.34. The molecule has 0 unspecified atom stereocenters. The van der Waals surface area contributed by atoms with E-state index in [0.29, 0.717) is 5.01 Å². The van der Waals surface area contributed by atoms with E-state index >= 15 is 0 Å². The zero-order chi connectivity index (χ0) is 13.1. The van der Waals surface area contributed by atoms with E-state index in [4.69, 9.17) is 0 Å². The first-order valence-corrected chi connectivity index (χ1v) is 7.27. The lowest BCUT2D eigenvalue weighted by atomic mass is 10.2. The van der Waals surface area contributed by atoms with E-state index < -0.39 is 0 Å². The van der Waals surface area contributed by atoms with E-state index in [0.717, 1.165) is 18.8 Å². The second-order valence-corrected chi connectivity index (χ2v) is 5.43. The van der Waals surface area contributed by atoms with Crippen molar-refractivity contribution in [3.05, 3.63) is 40.8 Å². The van der Waals surface area contributed by atoms with Gasteiger partial charge in [-0.05, 0) is 37.1 Å². The van der Waals surface area contributed by atoms with Crippen molar-refractivity contribution in [3.8, 4) is 0 Å². The van der Waals surface area contributed by atoms with Crippen molar-refractivity contribution in [2.75, 3.05) is 23.3 Å². The van der Waals surface area contributed by atoms with Gasteiger partial charge in [0.15, 0.2) is 5.01 Å². The molecule has 2 aromatic rings. The van der Waals surface area contributed by atoms with Gasteiger partial charge in [-0.3, -0.25) is 4.79 Å². The highest BCUT2D eigenvalue weighted by molar-refractivity contribution is 7.11. The summed E-state index contributed by atoms with van der Waals surface area (Å²) in [5.74, 6) is -0.149. The Balaban J connectivity index is 1.67. The van der Waals surface area contributed by atoms with Crippen LogP contribution >= 0.6 is 11.3 Å². The predicted molar refractivity (Wildman–Crippen MR) is 78.0 cm³/mol. The van der Waals surface area contributed by atoms with Gasteiger partial charge in [0, 0.05) is 36.0 Å². The van der Waals surface area contributed by atoms with Gasteiger partial charge in [-0.25, -0.2) is 4.98 Å². The lowest BCUT2D eigenvalue weighted by Crippen LogP contribution is -2.17. The summed E-state index contributed by atoms with van der Waals surface area (Å²) in [5, 5.41) is 5.14. The molecule has 1 fully saturated rings. The monoisotopic (exact) mass is 273 g/mol. The fourth-order valence-corrected chi connectivity index (χ4v) is 2.78. The van der Waals surface area contributed by atoms with Crippen LogP contribution in [0.5, 0.6) is 0 Å². The van der Waals surface area contributed by atoms with Crippen LogP contribution in [0.4, 0.5) is 11.4 Å². The van der Waals surface area contributed by atoms with Gasteiger partial charge in [0.2, 0.25) is 0 Å². The van der Waals surface area contributed by atoms with Gasteiger partial charge in [0.1, 0.15) is 0 Å². The fraction of sp³-hybridized carbons (Fsp3) is 0.286. The Morgan fingerprint density at radius 3 is 2.58 bits per heavy atom. The molecule has 1 aromatic heterocycles. The third-order valence-corrected chi connectivity index (χ3v) is 3.99. The van der Waals surface area contributed by atoms with Gasteiger partial charge in [-0.1, -0.05) is 0 Å². The van der Waals surface area contributed by atoms with E-state index in [1.54, 1.807) is 11.6 Å². The highest BCUT2D eigenvalue weighted by Crippen LogP contribution is 2.22. The Morgan fingerprint density at radius 2 is 1.95 bits per heavy atom. The average molecular weight is 273 g/mol. The van der Waals surface area contributed by atoms with E-state index in [-0.39, 0.29) is 5.91 Å². The van der Waals surface area contributed by atoms with Crippen LogP contribution in [0.15, 0.2) is 35.8 Å². The van der Waals surface area contributed by atoms with Crippen LogP contribution in [0.1, 0.15) is 22.6 Å². The smallest absolute Gasteiger partial charge is 0.284 e. The molecular weight excluding hydrogens is 258 g/mol. The van der Waals surface area contributed by atoms with Crippen LogP contribution in [-0.4, -0.2) is 24.0 Å². The highest BCUT2D eigenvalue weighted by atomic mass is 32.1. The number of nitrogens with one attached hydrogen (secondary N) is 1. The maximum atomic E-state index is 11.8. The molecule has 1 aromatic carbocycles. The fourth-order valence-electron chi connectivity index (χ4n) is 2.25. The van der Waals surface area contributed by atoms with Crippen LogP contribution in [0.2, 0.25) is 0 Å². The first-order valence-electron chi connectivity index (χ1n) is 6.39. The summed E-state index contributed by atoms with van der Waals surface area (Å²) in [6.07, 6.45) is 4.17. The Hall–Kier alpha value is -1.88. The molecule has 5 heteroatoms. The summed E-state index contributed by atoms with van der Waals surface area (Å²) < 4.78 is 0. The normalized spacial score (nSPS) is 14.6. The number of benzene rings is 1. The molecule has 0 bridgehead atoms. The van der Waals surface area contributed by atoms with E-state index in [2.05, 4.69) is 27.3 Å². The van der Waals surface area contributed by atoms with Gasteiger partial charge in [0.05, 0.1) is 0 Å². The third-order valence-electron chi connectivity index (χ3n) is 3.22. The number of amides is 1. The summed E-state index contributed by atoms with van der Waals surface area (Å²) in [6, 6.07) is 8.00. The van der Waals surface area contributed by atoms with Crippen LogP contribution in [-0.2, 0) is 0 Å². The highest BCUT2D eigenvalue weighted by Gasteiger charge is 2.12. The van der Waals surface area contributed by atoms with Gasteiger partial charge in [0.25, 0.3) is 5.91 Å². The minimum absolute atomic E-state index is 0.149. The van der Waals surface area contributed by atoms with Crippen molar-refractivity contribution >= 4 is 28.6 Å². The quantitative estimate of drug-likeness (QED) is 0.935. The average Bonchev–Trinajstić information content (AvgIpc) is 3.13. The number of nitrogens with zero attached hydrogens (tertiary/aromatic N) is 2. The Bertz CT molecular complexity index is 545. The first-order chi connectivity index (χ1) is 9.33. The Morgan fingerprint density at radius 1 is 1.21 bits per heavy atom. The van der Waals surface area contributed by atoms with Gasteiger partial charge < -0.3 is 10.2 Å². The first kappa shape index (κ1) is 12.2. The van der Waals surface area contributed by atoms with Crippen LogP contribution in [0, 0.1) is 0 Å². The van der Waals surface area contributed by atoms with Crippen molar-refractivity contribution in [3.63, 3.8) is 0 Å². The summed E-state index contributed by atoms with van der Waals surface area (Å²) in [5.41, 5.74) is 2.04. The van der Waals surface area contributed by atoms with E-state index in [1.807, 2.05) is 12.1 Å². The molecule has 1 aliphatic heterocycles. The number of thiazole rings is 1. The third kappa shape index (κ3) is 2.76. The molecule has 0 spiro atoms. The lowest BCUT2D eigenvalue weighted by molar-refractivity contribution is 0.102. The number of hydrogen-bond acceptors (Lipinski definition) is 4. The number of carbonyl (C=O) groups excluding carboxylic acids is 1. The molecule has 1 N–H and O–H groups in total. The van der Waals surface area contributed by atoms with Gasteiger partial charge in [-0.15, -0.1) is 11.3 Å². The minimum Gasteiger partial charge on any atom is -0.372 e. The maximum Gasteiger partial charge on any atom is 0.284 e. The summed E-state index contributed by atoms with van der Waals surface area (Å²) in [7, 11) is 0. The van der Waals surface area contributed by atoms with Crippen molar-refractivity contribution < 1.29 is 4.79 Å². The minimum atomic E-state index is -0.149.